The van der Waals surface area contributed by atoms with Crippen LogP contribution in [0.1, 0.15) is 43.6 Å². The van der Waals surface area contributed by atoms with Gasteiger partial charge >= 0.3 is 5.97 Å². The monoisotopic (exact) mass is 281 g/mol. The minimum atomic E-state index is -0.648. The highest BCUT2D eigenvalue weighted by Gasteiger charge is 2.24. The second-order valence-corrected chi connectivity index (χ2v) is 6.26. The van der Waals surface area contributed by atoms with E-state index in [0.29, 0.717) is 12.6 Å². The molecule has 0 heterocycles. The molecule has 0 aliphatic heterocycles. The lowest BCUT2D eigenvalue weighted by Gasteiger charge is -2.35. The van der Waals surface area contributed by atoms with E-state index in [1.165, 1.54) is 19.2 Å². The second kappa shape index (κ2) is 6.35. The number of benzene rings is 1. The molecule has 1 unspecified atom stereocenters. The fourth-order valence-electron chi connectivity index (χ4n) is 2.02. The van der Waals surface area contributed by atoms with Crippen molar-refractivity contribution in [3.63, 3.8) is 0 Å². The minimum Gasteiger partial charge on any atom is -0.465 e. The first kappa shape index (κ1) is 16.6. The zero-order valence-electron chi connectivity index (χ0n) is 13.2. The van der Waals surface area contributed by atoms with Crippen LogP contribution in [-0.2, 0) is 11.3 Å². The summed E-state index contributed by atoms with van der Waals surface area (Å²) in [6.45, 7) is 9.31. The number of carbonyl (C=O) groups excluding carboxylic acids is 1. The molecular weight excluding hydrogens is 257 g/mol. The quantitative estimate of drug-likeness (QED) is 0.791. The lowest BCUT2D eigenvalue weighted by molar-refractivity contribution is 0.0595. The summed E-state index contributed by atoms with van der Waals surface area (Å²) in [6.07, 6.45) is 0. The van der Waals surface area contributed by atoms with Crippen molar-refractivity contribution in [1.29, 1.82) is 0 Å². The number of hydrogen-bond acceptors (Lipinski definition) is 3. The van der Waals surface area contributed by atoms with Crippen molar-refractivity contribution in [2.75, 3.05) is 14.2 Å². The molecule has 1 aromatic rings. The van der Waals surface area contributed by atoms with Crippen LogP contribution in [0.4, 0.5) is 4.39 Å². The van der Waals surface area contributed by atoms with Crippen LogP contribution >= 0.6 is 0 Å². The average molecular weight is 281 g/mol. The van der Waals surface area contributed by atoms with E-state index in [9.17, 15) is 9.18 Å². The van der Waals surface area contributed by atoms with Gasteiger partial charge in [-0.3, -0.25) is 4.90 Å². The molecule has 1 rings (SSSR count). The van der Waals surface area contributed by atoms with Crippen molar-refractivity contribution >= 4 is 5.97 Å². The Bertz CT molecular complexity index is 480. The predicted octanol–water partition coefficient (Wildman–Crippen LogP) is 3.48. The molecule has 0 fully saturated rings. The molecule has 0 saturated heterocycles. The molecule has 20 heavy (non-hydrogen) atoms. The normalized spacial score (nSPS) is 13.4. The van der Waals surface area contributed by atoms with Crippen molar-refractivity contribution in [1.82, 2.24) is 4.90 Å². The molecule has 0 bridgehead atoms. The summed E-state index contributed by atoms with van der Waals surface area (Å²) in [5, 5.41) is 0. The lowest BCUT2D eigenvalue weighted by Crippen LogP contribution is -2.38. The van der Waals surface area contributed by atoms with Gasteiger partial charge in [0, 0.05) is 12.6 Å². The Hall–Kier alpha value is -1.42. The van der Waals surface area contributed by atoms with E-state index in [-0.39, 0.29) is 11.0 Å². The maximum absolute atomic E-state index is 13.9. The Kier molecular flexibility index (Phi) is 5.28. The molecule has 0 aromatic heterocycles. The number of halogens is 1. The summed E-state index contributed by atoms with van der Waals surface area (Å²) >= 11 is 0. The number of hydrogen-bond donors (Lipinski definition) is 0. The van der Waals surface area contributed by atoms with Crippen LogP contribution in [-0.4, -0.2) is 31.1 Å². The highest BCUT2D eigenvalue weighted by molar-refractivity contribution is 5.89. The molecule has 0 radical (unpaired) electrons. The molecule has 112 valence electrons. The first-order chi connectivity index (χ1) is 9.16. The first-order valence-electron chi connectivity index (χ1n) is 6.73. The fraction of sp³-hybridized carbons (Fsp3) is 0.562. The second-order valence-electron chi connectivity index (χ2n) is 6.26. The highest BCUT2D eigenvalue weighted by Crippen LogP contribution is 2.24. The largest absolute Gasteiger partial charge is 0.465 e. The fourth-order valence-corrected chi connectivity index (χ4v) is 2.02. The highest BCUT2D eigenvalue weighted by atomic mass is 19.1. The van der Waals surface area contributed by atoms with Crippen LogP contribution in [0.3, 0.4) is 0 Å². The van der Waals surface area contributed by atoms with Gasteiger partial charge in [-0.05, 0) is 37.1 Å². The summed E-state index contributed by atoms with van der Waals surface area (Å²) in [5.41, 5.74) is 0.968. The summed E-state index contributed by atoms with van der Waals surface area (Å²) in [7, 11) is 3.26. The maximum Gasteiger partial charge on any atom is 0.340 e. The van der Waals surface area contributed by atoms with Crippen LogP contribution in [0.25, 0.3) is 0 Å². The van der Waals surface area contributed by atoms with E-state index < -0.39 is 11.8 Å². The van der Waals surface area contributed by atoms with Gasteiger partial charge in [0.05, 0.1) is 12.7 Å². The van der Waals surface area contributed by atoms with E-state index in [0.717, 1.165) is 5.56 Å². The number of nitrogens with zero attached hydrogens (tertiary/aromatic N) is 1. The summed E-state index contributed by atoms with van der Waals surface area (Å²) in [6, 6.07) is 5.00. The van der Waals surface area contributed by atoms with Crippen LogP contribution in [0.2, 0.25) is 0 Å². The Labute approximate surface area is 120 Å². The van der Waals surface area contributed by atoms with Gasteiger partial charge in [-0.15, -0.1) is 0 Å². The Morgan fingerprint density at radius 1 is 1.40 bits per heavy atom. The van der Waals surface area contributed by atoms with E-state index >= 15 is 0 Å². The molecule has 4 heteroatoms. The SMILES string of the molecule is COC(=O)c1ccc(CN(C)C(C)C(C)(C)C)cc1F. The standard InChI is InChI=1S/C16H24FNO2/c1-11(16(2,3)4)18(5)10-12-7-8-13(14(17)9-12)15(19)20-6/h7-9,11H,10H2,1-6H3. The average Bonchev–Trinajstić information content (AvgIpc) is 2.36. The van der Waals surface area contributed by atoms with Crippen molar-refractivity contribution in [3.8, 4) is 0 Å². The number of esters is 1. The van der Waals surface area contributed by atoms with Crippen LogP contribution < -0.4 is 0 Å². The summed E-state index contributed by atoms with van der Waals surface area (Å²) < 4.78 is 18.4. The first-order valence-corrected chi connectivity index (χ1v) is 6.73. The van der Waals surface area contributed by atoms with Gasteiger partial charge in [0.1, 0.15) is 5.82 Å². The third-order valence-corrected chi connectivity index (χ3v) is 3.79. The molecule has 0 amide bonds. The van der Waals surface area contributed by atoms with E-state index in [1.807, 2.05) is 7.05 Å². The van der Waals surface area contributed by atoms with Gasteiger partial charge in [0.25, 0.3) is 0 Å². The number of carbonyl (C=O) groups is 1. The van der Waals surface area contributed by atoms with E-state index in [1.54, 1.807) is 6.07 Å². The van der Waals surface area contributed by atoms with Crippen molar-refractivity contribution in [2.24, 2.45) is 5.41 Å². The molecule has 1 atom stereocenters. The lowest BCUT2D eigenvalue weighted by atomic mass is 9.87. The Morgan fingerprint density at radius 3 is 2.45 bits per heavy atom. The Morgan fingerprint density at radius 2 is 2.00 bits per heavy atom. The van der Waals surface area contributed by atoms with E-state index in [4.69, 9.17) is 0 Å². The molecular formula is C16H24FNO2. The summed E-state index contributed by atoms with van der Waals surface area (Å²) in [5.74, 6) is -1.18. The van der Waals surface area contributed by atoms with Gasteiger partial charge in [-0.25, -0.2) is 9.18 Å². The Balaban J connectivity index is 2.85. The van der Waals surface area contributed by atoms with Gasteiger partial charge in [-0.1, -0.05) is 26.8 Å². The predicted molar refractivity (Wildman–Crippen MR) is 78.1 cm³/mol. The zero-order valence-corrected chi connectivity index (χ0v) is 13.2. The molecule has 0 aliphatic carbocycles. The minimum absolute atomic E-state index is 0.0252. The topological polar surface area (TPSA) is 29.5 Å². The molecule has 0 saturated carbocycles. The van der Waals surface area contributed by atoms with Crippen LogP contribution in [0.5, 0.6) is 0 Å². The van der Waals surface area contributed by atoms with Crippen molar-refractivity contribution in [3.05, 3.63) is 35.1 Å². The molecule has 1 aromatic carbocycles. The number of methoxy groups -OCH3 is 1. The molecule has 0 spiro atoms. The zero-order chi connectivity index (χ0) is 15.5. The third kappa shape index (κ3) is 4.04. The van der Waals surface area contributed by atoms with Gasteiger partial charge < -0.3 is 4.74 Å². The molecule has 3 nitrogen and oxygen atoms in total. The smallest absolute Gasteiger partial charge is 0.340 e. The van der Waals surface area contributed by atoms with Crippen LogP contribution in [0.15, 0.2) is 18.2 Å². The van der Waals surface area contributed by atoms with E-state index in [2.05, 4.69) is 37.3 Å². The number of ether oxygens (including phenoxy) is 1. The van der Waals surface area contributed by atoms with Gasteiger partial charge in [0.15, 0.2) is 0 Å². The van der Waals surface area contributed by atoms with Gasteiger partial charge in [0.2, 0.25) is 0 Å². The van der Waals surface area contributed by atoms with Gasteiger partial charge in [-0.2, -0.15) is 0 Å². The van der Waals surface area contributed by atoms with Crippen molar-refractivity contribution in [2.45, 2.75) is 40.3 Å². The van der Waals surface area contributed by atoms with Crippen LogP contribution in [0, 0.1) is 11.2 Å². The molecule has 0 aliphatic rings. The molecule has 0 N–H and O–H groups in total. The van der Waals surface area contributed by atoms with Crippen molar-refractivity contribution < 1.29 is 13.9 Å². The number of rotatable bonds is 4. The third-order valence-electron chi connectivity index (χ3n) is 3.79. The maximum atomic E-state index is 13.9. The summed E-state index contributed by atoms with van der Waals surface area (Å²) in [4.78, 5) is 13.5.